The molecule has 0 aliphatic rings. The zero-order chi connectivity index (χ0) is 41.9. The first-order valence-electron chi connectivity index (χ1n) is 21.5. The number of aromatic nitrogens is 2. The van der Waals surface area contributed by atoms with E-state index in [1.165, 1.54) is 71.1 Å². The molecule has 12 aromatic rings. The van der Waals surface area contributed by atoms with Crippen LogP contribution >= 0.6 is 0 Å². The first-order valence-corrected chi connectivity index (χ1v) is 21.5. The second-order valence-corrected chi connectivity index (χ2v) is 16.2. The van der Waals surface area contributed by atoms with Crippen molar-refractivity contribution in [3.63, 3.8) is 0 Å². The van der Waals surface area contributed by atoms with Crippen molar-refractivity contribution in [3.05, 3.63) is 248 Å². The quantitative estimate of drug-likeness (QED) is 0.132. The molecule has 3 aromatic heterocycles. The number of anilines is 2. The molecule has 9 aromatic carbocycles. The molecule has 0 aliphatic heterocycles. The summed E-state index contributed by atoms with van der Waals surface area (Å²) in [5.74, 6) is 0. The third-order valence-corrected chi connectivity index (χ3v) is 12.6. The van der Waals surface area contributed by atoms with Gasteiger partial charge >= 0.3 is 0 Å². The van der Waals surface area contributed by atoms with Gasteiger partial charge in [0.2, 0.25) is 0 Å². The summed E-state index contributed by atoms with van der Waals surface area (Å²) in [6.07, 6.45) is 8.34. The summed E-state index contributed by atoms with van der Waals surface area (Å²) in [5.41, 5.74) is 16.2. The number of hydrogen-bond donors (Lipinski definition) is 0. The van der Waals surface area contributed by atoms with Crippen LogP contribution in [0, 0.1) is 0 Å². The SMILES string of the molecule is C=CC(=CC=Cc1ccccc1)N(c1ccc(-c2ccccc2)cc1)c1ccc2c(c1)c1cc(-c3ccc4c(c3)c3cccc5c6ccccc6n4c53)ccc1n2-c1ccccc1. The van der Waals surface area contributed by atoms with E-state index in [-0.39, 0.29) is 0 Å². The van der Waals surface area contributed by atoms with E-state index < -0.39 is 0 Å². The molecule has 0 saturated carbocycles. The highest BCUT2D eigenvalue weighted by molar-refractivity contribution is 6.23. The predicted molar refractivity (Wildman–Crippen MR) is 269 cm³/mol. The van der Waals surface area contributed by atoms with Gasteiger partial charge in [0.1, 0.15) is 0 Å². The van der Waals surface area contributed by atoms with E-state index in [0.29, 0.717) is 0 Å². The fraction of sp³-hybridized carbons (Fsp3) is 0. The summed E-state index contributed by atoms with van der Waals surface area (Å²) in [5, 5.41) is 7.53. The molecule has 63 heavy (non-hydrogen) atoms. The molecule has 0 aliphatic carbocycles. The molecule has 296 valence electrons. The van der Waals surface area contributed by atoms with Crippen LogP contribution in [-0.2, 0) is 0 Å². The van der Waals surface area contributed by atoms with E-state index in [1.54, 1.807) is 0 Å². The van der Waals surface area contributed by atoms with E-state index in [9.17, 15) is 0 Å². The lowest BCUT2D eigenvalue weighted by Crippen LogP contribution is -2.15. The number of nitrogens with zero attached hydrogens (tertiary/aromatic N) is 3. The van der Waals surface area contributed by atoms with Gasteiger partial charge in [-0.15, -0.1) is 0 Å². The normalized spacial score (nSPS) is 12.2. The number of allylic oxidation sites excluding steroid dienone is 3. The molecule has 3 heterocycles. The zero-order valence-corrected chi connectivity index (χ0v) is 34.6. The standard InChI is InChI=1S/C60H41N3/c1-2-46(23-14-18-41-16-6-3-7-17-41)61(48-32-28-43(29-33-48)42-19-8-4-9-20-42)49-34-37-58-55(40-49)54-39-45(30-35-57(54)62(58)47-21-10-5-11-22-47)44-31-36-59-53(38-44)52-26-15-25-51-50-24-12-13-27-56(50)63(59)60(51)52/h2-40H,1H2. The van der Waals surface area contributed by atoms with Gasteiger partial charge in [0.15, 0.2) is 0 Å². The minimum atomic E-state index is 0.966. The first kappa shape index (κ1) is 36.5. The summed E-state index contributed by atoms with van der Waals surface area (Å²) in [7, 11) is 0. The monoisotopic (exact) mass is 803 g/mol. The van der Waals surface area contributed by atoms with Gasteiger partial charge in [-0.3, -0.25) is 0 Å². The minimum Gasteiger partial charge on any atom is -0.311 e. The van der Waals surface area contributed by atoms with E-state index in [4.69, 9.17) is 0 Å². The topological polar surface area (TPSA) is 12.6 Å². The fourth-order valence-corrected chi connectivity index (χ4v) is 9.73. The van der Waals surface area contributed by atoms with Crippen LogP contribution in [-0.4, -0.2) is 8.97 Å². The summed E-state index contributed by atoms with van der Waals surface area (Å²) >= 11 is 0. The number of rotatable bonds is 9. The van der Waals surface area contributed by atoms with Crippen LogP contribution in [0.1, 0.15) is 5.56 Å². The smallest absolute Gasteiger partial charge is 0.0620 e. The van der Waals surface area contributed by atoms with Crippen LogP contribution in [0.25, 0.3) is 93.9 Å². The second kappa shape index (κ2) is 14.9. The Morgan fingerprint density at radius 3 is 1.67 bits per heavy atom. The van der Waals surface area contributed by atoms with Crippen LogP contribution < -0.4 is 4.90 Å². The van der Waals surface area contributed by atoms with Crippen LogP contribution in [0.15, 0.2) is 243 Å². The third kappa shape index (κ3) is 6.05. The fourth-order valence-electron chi connectivity index (χ4n) is 9.73. The Bertz CT molecular complexity index is 3720. The highest BCUT2D eigenvalue weighted by atomic mass is 15.1. The van der Waals surface area contributed by atoms with Gasteiger partial charge < -0.3 is 13.9 Å². The van der Waals surface area contributed by atoms with Crippen molar-refractivity contribution in [1.29, 1.82) is 0 Å². The highest BCUT2D eigenvalue weighted by Gasteiger charge is 2.20. The van der Waals surface area contributed by atoms with Crippen molar-refractivity contribution in [2.75, 3.05) is 4.90 Å². The molecule has 0 atom stereocenters. The summed E-state index contributed by atoms with van der Waals surface area (Å²) in [6.45, 7) is 4.34. The van der Waals surface area contributed by atoms with Gasteiger partial charge in [-0.1, -0.05) is 158 Å². The molecule has 3 nitrogen and oxygen atoms in total. The largest absolute Gasteiger partial charge is 0.311 e. The van der Waals surface area contributed by atoms with Crippen LogP contribution in [0.2, 0.25) is 0 Å². The van der Waals surface area contributed by atoms with Gasteiger partial charge in [0.25, 0.3) is 0 Å². The zero-order valence-electron chi connectivity index (χ0n) is 34.6. The molecular formula is C60H41N3. The van der Waals surface area contributed by atoms with Crippen LogP contribution in [0.3, 0.4) is 0 Å². The maximum atomic E-state index is 4.34. The van der Waals surface area contributed by atoms with Gasteiger partial charge in [0, 0.05) is 55.1 Å². The van der Waals surface area contributed by atoms with Crippen molar-refractivity contribution >= 4 is 77.4 Å². The lowest BCUT2D eigenvalue weighted by Gasteiger charge is -2.26. The minimum absolute atomic E-state index is 0.966. The number of hydrogen-bond acceptors (Lipinski definition) is 1. The summed E-state index contributed by atoms with van der Waals surface area (Å²) < 4.78 is 4.84. The molecular weight excluding hydrogens is 763 g/mol. The Morgan fingerprint density at radius 2 is 0.937 bits per heavy atom. The van der Waals surface area contributed by atoms with Crippen molar-refractivity contribution < 1.29 is 0 Å². The van der Waals surface area contributed by atoms with Crippen molar-refractivity contribution in [2.24, 2.45) is 0 Å². The Morgan fingerprint density at radius 1 is 0.413 bits per heavy atom. The molecule has 0 N–H and O–H groups in total. The predicted octanol–water partition coefficient (Wildman–Crippen LogP) is 16.2. The number of benzene rings is 9. The summed E-state index contributed by atoms with van der Waals surface area (Å²) in [6, 6.07) is 76.8. The van der Waals surface area contributed by atoms with Gasteiger partial charge in [-0.05, 0) is 113 Å². The first-order chi connectivity index (χ1) is 31.2. The van der Waals surface area contributed by atoms with E-state index >= 15 is 0 Å². The van der Waals surface area contributed by atoms with E-state index in [1.807, 2.05) is 12.1 Å². The van der Waals surface area contributed by atoms with Gasteiger partial charge in [0.05, 0.1) is 27.6 Å². The lowest BCUT2D eigenvalue weighted by atomic mass is 10.00. The molecule has 0 saturated heterocycles. The van der Waals surface area contributed by atoms with Gasteiger partial charge in [-0.2, -0.15) is 0 Å². The van der Waals surface area contributed by atoms with E-state index in [2.05, 4.69) is 245 Å². The molecule has 0 bridgehead atoms. The average Bonchev–Trinajstić information content (AvgIpc) is 3.99. The van der Waals surface area contributed by atoms with Crippen LogP contribution in [0.4, 0.5) is 11.4 Å². The average molecular weight is 804 g/mol. The Hall–Kier alpha value is -8.40. The third-order valence-electron chi connectivity index (χ3n) is 12.6. The van der Waals surface area contributed by atoms with Crippen molar-refractivity contribution in [3.8, 4) is 27.9 Å². The molecule has 0 unspecified atom stereocenters. The van der Waals surface area contributed by atoms with Crippen molar-refractivity contribution in [1.82, 2.24) is 8.97 Å². The molecule has 0 amide bonds. The van der Waals surface area contributed by atoms with E-state index in [0.717, 1.165) is 39.4 Å². The maximum absolute atomic E-state index is 4.34. The molecule has 0 fully saturated rings. The highest BCUT2D eigenvalue weighted by Crippen LogP contribution is 2.43. The number of fused-ring (bicyclic) bond motifs is 9. The Kier molecular flexibility index (Phi) is 8.65. The van der Waals surface area contributed by atoms with Crippen LogP contribution in [0.5, 0.6) is 0 Å². The second-order valence-electron chi connectivity index (χ2n) is 16.2. The maximum Gasteiger partial charge on any atom is 0.0620 e. The summed E-state index contributed by atoms with van der Waals surface area (Å²) in [4.78, 5) is 2.31. The Labute approximate surface area is 366 Å². The number of para-hydroxylation sites is 3. The lowest BCUT2D eigenvalue weighted by molar-refractivity contribution is 1.18. The molecule has 0 radical (unpaired) electrons. The molecule has 12 rings (SSSR count). The Balaban J connectivity index is 1.04. The van der Waals surface area contributed by atoms with Crippen molar-refractivity contribution in [2.45, 2.75) is 0 Å². The molecule has 0 spiro atoms. The molecule has 3 heteroatoms. The van der Waals surface area contributed by atoms with Gasteiger partial charge in [-0.25, -0.2) is 0 Å².